The molecule has 2 nitrogen and oxygen atoms in total. The Balaban J connectivity index is 2.20. The van der Waals surface area contributed by atoms with Crippen LogP contribution in [0.2, 0.25) is 0 Å². The molecule has 0 bridgehead atoms. The summed E-state index contributed by atoms with van der Waals surface area (Å²) in [5.41, 5.74) is 2.05. The van der Waals surface area contributed by atoms with Crippen molar-refractivity contribution in [1.29, 1.82) is 0 Å². The van der Waals surface area contributed by atoms with Gasteiger partial charge < -0.3 is 10.0 Å². The van der Waals surface area contributed by atoms with Gasteiger partial charge in [0.2, 0.25) is 0 Å². The molecule has 0 saturated heterocycles. The number of hydrogen-bond donors (Lipinski definition) is 1. The molecular formula is C13H18FNO. The number of fused-ring (bicyclic) bond motifs is 1. The number of halogens is 1. The highest BCUT2D eigenvalue weighted by molar-refractivity contribution is 5.58. The molecule has 2 rings (SSSR count). The maximum atomic E-state index is 13.2. The Morgan fingerprint density at radius 2 is 2.19 bits per heavy atom. The number of nitrogens with zero attached hydrogens (tertiary/aromatic N) is 1. The van der Waals surface area contributed by atoms with Crippen LogP contribution < -0.4 is 4.90 Å². The van der Waals surface area contributed by atoms with Gasteiger partial charge in [-0.1, -0.05) is 19.9 Å². The van der Waals surface area contributed by atoms with Crippen LogP contribution >= 0.6 is 0 Å². The van der Waals surface area contributed by atoms with Crippen LogP contribution in [0.15, 0.2) is 18.2 Å². The van der Waals surface area contributed by atoms with Crippen LogP contribution in [-0.2, 0) is 6.42 Å². The van der Waals surface area contributed by atoms with Gasteiger partial charge in [0.15, 0.2) is 0 Å². The third kappa shape index (κ3) is 2.19. The summed E-state index contributed by atoms with van der Waals surface area (Å²) in [6.07, 6.45) is 0.969. The Hall–Kier alpha value is -1.09. The molecule has 1 aromatic carbocycles. The summed E-state index contributed by atoms with van der Waals surface area (Å²) in [7, 11) is 0. The molecule has 0 radical (unpaired) electrons. The second kappa shape index (κ2) is 4.06. The molecule has 1 aliphatic rings. The number of aliphatic hydroxyl groups is 1. The van der Waals surface area contributed by atoms with Gasteiger partial charge >= 0.3 is 0 Å². The third-order valence-electron chi connectivity index (χ3n) is 3.09. The van der Waals surface area contributed by atoms with Gasteiger partial charge in [-0.25, -0.2) is 4.39 Å². The lowest BCUT2D eigenvalue weighted by atomic mass is 9.94. The SMILES string of the molecule is CC(C)(CO)CN1CCc2ccc(F)cc21. The zero-order valence-electron chi connectivity index (χ0n) is 9.83. The van der Waals surface area contributed by atoms with Crippen LogP contribution in [0.5, 0.6) is 0 Å². The lowest BCUT2D eigenvalue weighted by Gasteiger charge is -2.30. The van der Waals surface area contributed by atoms with E-state index in [-0.39, 0.29) is 17.8 Å². The summed E-state index contributed by atoms with van der Waals surface area (Å²) in [5, 5.41) is 9.26. The standard InChI is InChI=1S/C13H18FNO/c1-13(2,9-16)8-15-6-5-10-3-4-11(14)7-12(10)15/h3-4,7,16H,5-6,8-9H2,1-2H3. The average molecular weight is 223 g/mol. The minimum Gasteiger partial charge on any atom is -0.396 e. The fourth-order valence-electron chi connectivity index (χ4n) is 2.15. The van der Waals surface area contributed by atoms with Crippen molar-refractivity contribution in [3.8, 4) is 0 Å². The zero-order valence-corrected chi connectivity index (χ0v) is 9.83. The van der Waals surface area contributed by atoms with Gasteiger partial charge in [0.05, 0.1) is 0 Å². The second-order valence-electron chi connectivity index (χ2n) is 5.27. The summed E-state index contributed by atoms with van der Waals surface area (Å²) in [5.74, 6) is -0.188. The van der Waals surface area contributed by atoms with E-state index in [1.54, 1.807) is 6.07 Å². The molecular weight excluding hydrogens is 205 g/mol. The van der Waals surface area contributed by atoms with Crippen LogP contribution in [0, 0.1) is 11.2 Å². The Bertz CT molecular complexity index is 390. The molecule has 3 heteroatoms. The van der Waals surface area contributed by atoms with Crippen LogP contribution in [0.25, 0.3) is 0 Å². The molecule has 1 heterocycles. The van der Waals surface area contributed by atoms with Crippen molar-refractivity contribution in [2.24, 2.45) is 5.41 Å². The lowest BCUT2D eigenvalue weighted by Crippen LogP contribution is -2.35. The first-order valence-corrected chi connectivity index (χ1v) is 5.66. The van der Waals surface area contributed by atoms with Crippen molar-refractivity contribution in [3.63, 3.8) is 0 Å². The van der Waals surface area contributed by atoms with E-state index in [2.05, 4.69) is 4.90 Å². The predicted octanol–water partition coefficient (Wildman–Crippen LogP) is 2.21. The first kappa shape index (κ1) is 11.4. The highest BCUT2D eigenvalue weighted by atomic mass is 19.1. The van der Waals surface area contributed by atoms with Gasteiger partial charge in [0.1, 0.15) is 5.82 Å². The number of benzene rings is 1. The lowest BCUT2D eigenvalue weighted by molar-refractivity contribution is 0.164. The Kier molecular flexibility index (Phi) is 2.89. The fourth-order valence-corrected chi connectivity index (χ4v) is 2.15. The quantitative estimate of drug-likeness (QED) is 0.849. The Morgan fingerprint density at radius 1 is 1.44 bits per heavy atom. The topological polar surface area (TPSA) is 23.5 Å². The normalized spacial score (nSPS) is 15.4. The highest BCUT2D eigenvalue weighted by Gasteiger charge is 2.26. The first-order valence-electron chi connectivity index (χ1n) is 5.66. The van der Waals surface area contributed by atoms with E-state index in [0.29, 0.717) is 0 Å². The first-order chi connectivity index (χ1) is 7.52. The van der Waals surface area contributed by atoms with E-state index >= 15 is 0 Å². The van der Waals surface area contributed by atoms with Crippen LogP contribution in [-0.4, -0.2) is 24.8 Å². The molecule has 16 heavy (non-hydrogen) atoms. The smallest absolute Gasteiger partial charge is 0.125 e. The van der Waals surface area contributed by atoms with Crippen molar-refractivity contribution < 1.29 is 9.50 Å². The highest BCUT2D eigenvalue weighted by Crippen LogP contribution is 2.31. The van der Waals surface area contributed by atoms with Crippen molar-refractivity contribution >= 4 is 5.69 Å². The second-order valence-corrected chi connectivity index (χ2v) is 5.27. The molecule has 0 atom stereocenters. The van der Waals surface area contributed by atoms with Crippen molar-refractivity contribution in [2.45, 2.75) is 20.3 Å². The van der Waals surface area contributed by atoms with Crippen LogP contribution in [0.3, 0.4) is 0 Å². The van der Waals surface area contributed by atoms with E-state index in [4.69, 9.17) is 0 Å². The Morgan fingerprint density at radius 3 is 2.88 bits per heavy atom. The number of rotatable bonds is 3. The fraction of sp³-hybridized carbons (Fsp3) is 0.538. The maximum Gasteiger partial charge on any atom is 0.125 e. The molecule has 1 aromatic rings. The van der Waals surface area contributed by atoms with E-state index < -0.39 is 0 Å². The predicted molar refractivity (Wildman–Crippen MR) is 63.2 cm³/mol. The molecule has 0 aliphatic carbocycles. The summed E-state index contributed by atoms with van der Waals surface area (Å²) in [4.78, 5) is 2.16. The molecule has 0 fully saturated rings. The molecule has 0 amide bonds. The number of hydrogen-bond acceptors (Lipinski definition) is 2. The summed E-state index contributed by atoms with van der Waals surface area (Å²) in [6.45, 7) is 5.87. The van der Waals surface area contributed by atoms with Gasteiger partial charge in [-0.3, -0.25) is 0 Å². The third-order valence-corrected chi connectivity index (χ3v) is 3.09. The summed E-state index contributed by atoms with van der Waals surface area (Å²) in [6, 6.07) is 4.96. The molecule has 1 N–H and O–H groups in total. The molecule has 0 saturated carbocycles. The minimum atomic E-state index is -0.188. The molecule has 0 spiro atoms. The van der Waals surface area contributed by atoms with Gasteiger partial charge in [-0.15, -0.1) is 0 Å². The zero-order chi connectivity index (χ0) is 11.8. The monoisotopic (exact) mass is 223 g/mol. The van der Waals surface area contributed by atoms with E-state index in [1.807, 2.05) is 19.9 Å². The van der Waals surface area contributed by atoms with E-state index in [9.17, 15) is 9.50 Å². The largest absolute Gasteiger partial charge is 0.396 e. The van der Waals surface area contributed by atoms with Gasteiger partial charge in [0.25, 0.3) is 0 Å². The van der Waals surface area contributed by atoms with Crippen molar-refractivity contribution in [1.82, 2.24) is 0 Å². The van der Waals surface area contributed by atoms with E-state index in [0.717, 1.165) is 25.2 Å². The van der Waals surface area contributed by atoms with Crippen LogP contribution in [0.4, 0.5) is 10.1 Å². The van der Waals surface area contributed by atoms with Crippen LogP contribution in [0.1, 0.15) is 19.4 Å². The summed E-state index contributed by atoms with van der Waals surface area (Å²) >= 11 is 0. The van der Waals surface area contributed by atoms with Crippen molar-refractivity contribution in [2.75, 3.05) is 24.6 Å². The number of aliphatic hydroxyl groups excluding tert-OH is 1. The maximum absolute atomic E-state index is 13.2. The minimum absolute atomic E-state index is 0.145. The van der Waals surface area contributed by atoms with Crippen molar-refractivity contribution in [3.05, 3.63) is 29.6 Å². The average Bonchev–Trinajstić information content (AvgIpc) is 2.61. The molecule has 0 unspecified atom stereocenters. The van der Waals surface area contributed by atoms with Gasteiger partial charge in [0, 0.05) is 30.8 Å². The van der Waals surface area contributed by atoms with Gasteiger partial charge in [-0.2, -0.15) is 0 Å². The molecule has 88 valence electrons. The molecule has 0 aromatic heterocycles. The van der Waals surface area contributed by atoms with E-state index in [1.165, 1.54) is 11.6 Å². The van der Waals surface area contributed by atoms with Gasteiger partial charge in [-0.05, 0) is 24.1 Å². The molecule has 1 aliphatic heterocycles. The Labute approximate surface area is 95.7 Å². The number of anilines is 1. The summed E-state index contributed by atoms with van der Waals surface area (Å²) < 4.78 is 13.2.